The first-order chi connectivity index (χ1) is 11.8. The molecule has 134 valence electrons. The van der Waals surface area contributed by atoms with Gasteiger partial charge in [0.05, 0.1) is 23.7 Å². The Balaban J connectivity index is 1.85. The summed E-state index contributed by atoms with van der Waals surface area (Å²) in [7, 11) is -2.06. The summed E-state index contributed by atoms with van der Waals surface area (Å²) in [5.41, 5.74) is 0.868. The molecule has 0 spiro atoms. The number of aryl methyl sites for hydroxylation is 1. The van der Waals surface area contributed by atoms with Crippen LogP contribution in [0.1, 0.15) is 11.3 Å². The molecule has 0 amide bonds. The van der Waals surface area contributed by atoms with E-state index in [1.807, 2.05) is 19.2 Å². The molecule has 1 unspecified atom stereocenters. The lowest BCUT2D eigenvalue weighted by Gasteiger charge is -2.21. The lowest BCUT2D eigenvalue weighted by Crippen LogP contribution is -2.35. The second-order valence-corrected chi connectivity index (χ2v) is 9.30. The minimum Gasteiger partial charge on any atom is -0.361 e. The van der Waals surface area contributed by atoms with Gasteiger partial charge in [-0.25, -0.2) is 13.4 Å². The predicted molar refractivity (Wildman–Crippen MR) is 99.7 cm³/mol. The molecule has 0 aliphatic carbocycles. The van der Waals surface area contributed by atoms with Crippen LogP contribution in [0.15, 0.2) is 46.2 Å². The minimum absolute atomic E-state index is 0.187. The highest BCUT2D eigenvalue weighted by Crippen LogP contribution is 2.39. The van der Waals surface area contributed by atoms with E-state index < -0.39 is 15.6 Å². The summed E-state index contributed by atoms with van der Waals surface area (Å²) in [6.07, 6.45) is 1.97. The molecule has 0 radical (unpaired) electrons. The molecular weight excluding hydrogens is 380 g/mol. The van der Waals surface area contributed by atoms with Crippen LogP contribution in [0.3, 0.4) is 0 Å². The molecule has 0 N–H and O–H groups in total. The fraction of sp³-hybridized carbons (Fsp3) is 0.353. The van der Waals surface area contributed by atoms with Crippen LogP contribution < -0.4 is 0 Å². The lowest BCUT2D eigenvalue weighted by atomic mass is 10.1. The number of ether oxygens (including phenoxy) is 1. The molecule has 25 heavy (non-hydrogen) atoms. The SMILES string of the molecule is CSc1ccc(S(=O)(=O)N(C)CC2(c3cccc(Cl)n3)CO2)cc1C. The quantitative estimate of drug-likeness (QED) is 0.424. The monoisotopic (exact) mass is 398 g/mol. The third kappa shape index (κ3) is 3.71. The van der Waals surface area contributed by atoms with E-state index in [0.29, 0.717) is 17.5 Å². The van der Waals surface area contributed by atoms with Crippen LogP contribution in [0.25, 0.3) is 0 Å². The van der Waals surface area contributed by atoms with Crippen LogP contribution in [0, 0.1) is 6.92 Å². The van der Waals surface area contributed by atoms with Crippen molar-refractivity contribution in [3.05, 3.63) is 52.8 Å². The van der Waals surface area contributed by atoms with Gasteiger partial charge in [0, 0.05) is 11.9 Å². The molecule has 0 bridgehead atoms. The Bertz CT molecular complexity index is 899. The lowest BCUT2D eigenvalue weighted by molar-refractivity contribution is 0.261. The van der Waals surface area contributed by atoms with Crippen molar-refractivity contribution in [1.29, 1.82) is 0 Å². The number of likely N-dealkylation sites (N-methyl/N-ethyl adjacent to an activating group) is 1. The molecule has 5 nitrogen and oxygen atoms in total. The van der Waals surface area contributed by atoms with E-state index in [9.17, 15) is 8.42 Å². The first-order valence-corrected chi connectivity index (χ1v) is 10.7. The number of thioether (sulfide) groups is 1. The molecule has 2 heterocycles. The van der Waals surface area contributed by atoms with Crippen molar-refractivity contribution in [2.24, 2.45) is 0 Å². The van der Waals surface area contributed by atoms with Crippen molar-refractivity contribution in [2.45, 2.75) is 22.3 Å². The molecule has 1 saturated heterocycles. The number of halogens is 1. The molecule has 1 aliphatic rings. The topological polar surface area (TPSA) is 62.8 Å². The zero-order valence-electron chi connectivity index (χ0n) is 14.2. The van der Waals surface area contributed by atoms with E-state index in [1.165, 1.54) is 4.31 Å². The standard InChI is InChI=1S/C17H19ClN2O3S2/c1-12-9-13(7-8-14(12)24-3)25(21,22)20(2)10-17(11-23-17)15-5-4-6-16(18)19-15/h4-9H,10-11H2,1-3H3. The molecule has 1 fully saturated rings. The van der Waals surface area contributed by atoms with Gasteiger partial charge < -0.3 is 4.74 Å². The molecule has 3 rings (SSSR count). The summed E-state index contributed by atoms with van der Waals surface area (Å²) >= 11 is 7.54. The van der Waals surface area contributed by atoms with Gasteiger partial charge in [0.1, 0.15) is 10.8 Å². The van der Waals surface area contributed by atoms with Crippen molar-refractivity contribution < 1.29 is 13.2 Å². The maximum absolute atomic E-state index is 12.9. The zero-order chi connectivity index (χ0) is 18.2. The predicted octanol–water partition coefficient (Wildman–Crippen LogP) is 3.31. The maximum Gasteiger partial charge on any atom is 0.242 e. The number of rotatable bonds is 6. The molecule has 1 atom stereocenters. The molecular formula is C17H19ClN2O3S2. The van der Waals surface area contributed by atoms with Crippen LogP contribution in [0.4, 0.5) is 0 Å². The van der Waals surface area contributed by atoms with Crippen molar-refractivity contribution >= 4 is 33.4 Å². The minimum atomic E-state index is -3.61. The third-order valence-electron chi connectivity index (χ3n) is 4.23. The average Bonchev–Trinajstić information content (AvgIpc) is 3.35. The molecule has 0 saturated carbocycles. The van der Waals surface area contributed by atoms with E-state index >= 15 is 0 Å². The Morgan fingerprint density at radius 2 is 2.08 bits per heavy atom. The summed E-state index contributed by atoms with van der Waals surface area (Å²) < 4.78 is 32.7. The van der Waals surface area contributed by atoms with Crippen LogP contribution in [-0.2, 0) is 20.4 Å². The molecule has 1 aliphatic heterocycles. The number of epoxide rings is 1. The number of pyridine rings is 1. The highest BCUT2D eigenvalue weighted by atomic mass is 35.5. The van der Waals surface area contributed by atoms with E-state index in [2.05, 4.69) is 4.98 Å². The first-order valence-electron chi connectivity index (χ1n) is 7.66. The van der Waals surface area contributed by atoms with E-state index in [1.54, 1.807) is 49.1 Å². The number of nitrogens with zero attached hydrogens (tertiary/aromatic N) is 2. The second-order valence-electron chi connectivity index (χ2n) is 6.02. The van der Waals surface area contributed by atoms with Gasteiger partial charge in [0.15, 0.2) is 0 Å². The fourth-order valence-electron chi connectivity index (χ4n) is 2.71. The van der Waals surface area contributed by atoms with Gasteiger partial charge in [-0.2, -0.15) is 4.31 Å². The Morgan fingerprint density at radius 3 is 2.64 bits per heavy atom. The number of sulfonamides is 1. The van der Waals surface area contributed by atoms with Crippen molar-refractivity contribution in [2.75, 3.05) is 26.5 Å². The Labute approximate surface area is 157 Å². The van der Waals surface area contributed by atoms with Crippen molar-refractivity contribution in [3.8, 4) is 0 Å². The smallest absolute Gasteiger partial charge is 0.242 e. The molecule has 1 aromatic carbocycles. The Morgan fingerprint density at radius 1 is 1.36 bits per heavy atom. The zero-order valence-corrected chi connectivity index (χ0v) is 16.6. The summed E-state index contributed by atoms with van der Waals surface area (Å²) in [6.45, 7) is 2.52. The summed E-state index contributed by atoms with van der Waals surface area (Å²) in [5, 5.41) is 0.362. The van der Waals surface area contributed by atoms with Gasteiger partial charge in [-0.1, -0.05) is 17.7 Å². The van der Waals surface area contributed by atoms with Gasteiger partial charge in [0.25, 0.3) is 0 Å². The number of benzene rings is 1. The third-order valence-corrected chi connectivity index (χ3v) is 7.14. The highest BCUT2D eigenvalue weighted by Gasteiger charge is 2.50. The Hall–Kier alpha value is -1.12. The van der Waals surface area contributed by atoms with Gasteiger partial charge >= 0.3 is 0 Å². The van der Waals surface area contributed by atoms with Gasteiger partial charge in [-0.05, 0) is 49.1 Å². The first kappa shape index (κ1) is 18.7. The molecule has 1 aromatic heterocycles. The van der Waals surface area contributed by atoms with Crippen LogP contribution in [0.2, 0.25) is 5.15 Å². The van der Waals surface area contributed by atoms with Crippen LogP contribution in [0.5, 0.6) is 0 Å². The van der Waals surface area contributed by atoms with Crippen LogP contribution >= 0.6 is 23.4 Å². The average molecular weight is 399 g/mol. The highest BCUT2D eigenvalue weighted by molar-refractivity contribution is 7.98. The summed E-state index contributed by atoms with van der Waals surface area (Å²) in [5.74, 6) is 0. The Kier molecular flexibility index (Phi) is 5.14. The van der Waals surface area contributed by atoms with E-state index in [4.69, 9.17) is 16.3 Å². The van der Waals surface area contributed by atoms with Crippen LogP contribution in [-0.4, -0.2) is 44.2 Å². The number of hydrogen-bond donors (Lipinski definition) is 0. The second kappa shape index (κ2) is 6.89. The molecule has 2 aromatic rings. The van der Waals surface area contributed by atoms with Gasteiger partial charge in [-0.3, -0.25) is 0 Å². The largest absolute Gasteiger partial charge is 0.361 e. The van der Waals surface area contributed by atoms with Crippen molar-refractivity contribution in [1.82, 2.24) is 9.29 Å². The maximum atomic E-state index is 12.9. The normalized spacial score (nSPS) is 20.0. The van der Waals surface area contributed by atoms with Gasteiger partial charge in [0.2, 0.25) is 10.0 Å². The number of aromatic nitrogens is 1. The van der Waals surface area contributed by atoms with Crippen molar-refractivity contribution in [3.63, 3.8) is 0 Å². The fourth-order valence-corrected chi connectivity index (χ4v) is 4.76. The summed E-state index contributed by atoms with van der Waals surface area (Å²) in [4.78, 5) is 5.61. The van der Waals surface area contributed by atoms with Gasteiger partial charge in [-0.15, -0.1) is 11.8 Å². The molecule has 8 heteroatoms. The van der Waals surface area contributed by atoms with E-state index in [0.717, 1.165) is 10.5 Å². The summed E-state index contributed by atoms with van der Waals surface area (Å²) in [6, 6.07) is 10.4. The number of hydrogen-bond acceptors (Lipinski definition) is 5. The van der Waals surface area contributed by atoms with E-state index in [-0.39, 0.29) is 11.4 Å².